The Labute approximate surface area is 159 Å². The predicted molar refractivity (Wildman–Crippen MR) is 104 cm³/mol. The Bertz CT molecular complexity index is 930. The monoisotopic (exact) mass is 387 g/mol. The molecular weight excluding hydrogens is 366 g/mol. The number of ether oxygens (including phenoxy) is 1. The van der Waals surface area contributed by atoms with E-state index in [1.807, 2.05) is 19.9 Å². The molecule has 0 fully saturated rings. The van der Waals surface area contributed by atoms with Crippen LogP contribution in [-0.2, 0) is 14.8 Å². The van der Waals surface area contributed by atoms with Gasteiger partial charge in [-0.1, -0.05) is 0 Å². The van der Waals surface area contributed by atoms with E-state index in [1.165, 1.54) is 0 Å². The minimum absolute atomic E-state index is 0.0000558. The zero-order valence-electron chi connectivity index (χ0n) is 15.3. The second kappa shape index (κ2) is 8.56. The largest absolute Gasteiger partial charge is 0.491 e. The fourth-order valence-corrected chi connectivity index (χ4v) is 3.18. The third-order valence-corrected chi connectivity index (χ3v) is 4.62. The van der Waals surface area contributed by atoms with Gasteiger partial charge in [-0.3, -0.25) is 9.10 Å². The highest BCUT2D eigenvalue weighted by atomic mass is 32.2. The van der Waals surface area contributed by atoms with Crippen LogP contribution < -0.4 is 14.4 Å². The van der Waals surface area contributed by atoms with Crippen LogP contribution in [0.3, 0.4) is 0 Å². The van der Waals surface area contributed by atoms with Gasteiger partial charge in [0.2, 0.25) is 15.9 Å². The number of carbonyl (C=O) groups excluding carboxylic acids is 1. The standard InChI is InChI=1S/C19H21N3O4S/c1-14(2)26-18-10-8-17(9-11-18)22(27(3,24)25)13-19(23)21-16-6-4-15(12-20)5-7-16/h4-11,14H,13H2,1-3H3,(H,21,23). The molecule has 0 heterocycles. The van der Waals surface area contributed by atoms with E-state index < -0.39 is 15.9 Å². The first-order valence-corrected chi connectivity index (χ1v) is 10.1. The van der Waals surface area contributed by atoms with E-state index in [2.05, 4.69) is 5.32 Å². The van der Waals surface area contributed by atoms with Gasteiger partial charge in [0.05, 0.1) is 29.7 Å². The van der Waals surface area contributed by atoms with E-state index in [1.54, 1.807) is 48.5 Å². The van der Waals surface area contributed by atoms with Gasteiger partial charge in [-0.15, -0.1) is 0 Å². The van der Waals surface area contributed by atoms with Gasteiger partial charge in [0.1, 0.15) is 12.3 Å². The van der Waals surface area contributed by atoms with Crippen molar-refractivity contribution in [3.63, 3.8) is 0 Å². The number of carbonyl (C=O) groups is 1. The molecule has 0 aliphatic rings. The molecule has 0 atom stereocenters. The average Bonchev–Trinajstić information content (AvgIpc) is 2.60. The Morgan fingerprint density at radius 1 is 1.15 bits per heavy atom. The molecule has 0 saturated heterocycles. The van der Waals surface area contributed by atoms with Crippen LogP contribution in [0.25, 0.3) is 0 Å². The van der Waals surface area contributed by atoms with Crippen molar-refractivity contribution in [1.82, 2.24) is 0 Å². The molecule has 142 valence electrons. The molecular formula is C19H21N3O4S. The minimum atomic E-state index is -3.66. The lowest BCUT2D eigenvalue weighted by molar-refractivity contribution is -0.114. The smallest absolute Gasteiger partial charge is 0.245 e. The number of nitrogens with one attached hydrogen (secondary N) is 1. The molecule has 7 nitrogen and oxygen atoms in total. The SMILES string of the molecule is CC(C)Oc1ccc(N(CC(=O)Nc2ccc(C#N)cc2)S(C)(=O)=O)cc1. The summed E-state index contributed by atoms with van der Waals surface area (Å²) in [6.45, 7) is 3.41. The normalized spacial score (nSPS) is 10.9. The number of benzene rings is 2. The van der Waals surface area contributed by atoms with E-state index >= 15 is 0 Å². The van der Waals surface area contributed by atoms with Gasteiger partial charge in [0, 0.05) is 5.69 Å². The molecule has 0 unspecified atom stereocenters. The van der Waals surface area contributed by atoms with Crippen LogP contribution in [-0.4, -0.2) is 33.2 Å². The fourth-order valence-electron chi connectivity index (χ4n) is 2.32. The van der Waals surface area contributed by atoms with E-state index in [0.717, 1.165) is 10.6 Å². The summed E-state index contributed by atoms with van der Waals surface area (Å²) in [4.78, 5) is 12.3. The number of hydrogen-bond acceptors (Lipinski definition) is 5. The van der Waals surface area contributed by atoms with Crippen molar-refractivity contribution in [2.45, 2.75) is 20.0 Å². The van der Waals surface area contributed by atoms with Gasteiger partial charge in [-0.2, -0.15) is 5.26 Å². The molecule has 1 amide bonds. The fraction of sp³-hybridized carbons (Fsp3) is 0.263. The van der Waals surface area contributed by atoms with Crippen LogP contribution in [0, 0.1) is 11.3 Å². The number of sulfonamides is 1. The number of rotatable bonds is 7. The highest BCUT2D eigenvalue weighted by Gasteiger charge is 2.21. The van der Waals surface area contributed by atoms with Crippen molar-refractivity contribution in [2.75, 3.05) is 22.4 Å². The highest BCUT2D eigenvalue weighted by molar-refractivity contribution is 7.92. The van der Waals surface area contributed by atoms with Crippen LogP contribution in [0.4, 0.5) is 11.4 Å². The molecule has 0 aliphatic carbocycles. The van der Waals surface area contributed by atoms with Crippen molar-refractivity contribution in [3.8, 4) is 11.8 Å². The van der Waals surface area contributed by atoms with E-state index in [0.29, 0.717) is 22.7 Å². The Balaban J connectivity index is 2.14. The van der Waals surface area contributed by atoms with Crippen molar-refractivity contribution in [3.05, 3.63) is 54.1 Å². The number of nitrogens with zero attached hydrogens (tertiary/aromatic N) is 2. The molecule has 2 aromatic rings. The topological polar surface area (TPSA) is 99.5 Å². The summed E-state index contributed by atoms with van der Waals surface area (Å²) in [6, 6.07) is 14.8. The lowest BCUT2D eigenvalue weighted by Crippen LogP contribution is -2.37. The lowest BCUT2D eigenvalue weighted by atomic mass is 10.2. The van der Waals surface area contributed by atoms with Crippen LogP contribution in [0.15, 0.2) is 48.5 Å². The molecule has 1 N–H and O–H groups in total. The molecule has 0 radical (unpaired) electrons. The summed E-state index contributed by atoms with van der Waals surface area (Å²) in [7, 11) is -3.66. The van der Waals surface area contributed by atoms with Crippen LogP contribution in [0.5, 0.6) is 5.75 Å². The zero-order chi connectivity index (χ0) is 20.0. The van der Waals surface area contributed by atoms with Gasteiger partial charge in [-0.05, 0) is 62.4 Å². The Hall–Kier alpha value is -3.05. The van der Waals surface area contributed by atoms with Crippen molar-refractivity contribution in [1.29, 1.82) is 5.26 Å². The second-order valence-corrected chi connectivity index (χ2v) is 8.07. The van der Waals surface area contributed by atoms with E-state index in [4.69, 9.17) is 10.00 Å². The van der Waals surface area contributed by atoms with E-state index in [-0.39, 0.29) is 12.6 Å². The third kappa shape index (κ3) is 6.01. The zero-order valence-corrected chi connectivity index (χ0v) is 16.2. The maximum Gasteiger partial charge on any atom is 0.245 e. The molecule has 0 spiro atoms. The molecule has 27 heavy (non-hydrogen) atoms. The summed E-state index contributed by atoms with van der Waals surface area (Å²) in [5.41, 5.74) is 1.31. The van der Waals surface area contributed by atoms with Crippen LogP contribution in [0.1, 0.15) is 19.4 Å². The quantitative estimate of drug-likeness (QED) is 0.787. The predicted octanol–water partition coefficient (Wildman–Crippen LogP) is 2.75. The Kier molecular flexibility index (Phi) is 6.42. The summed E-state index contributed by atoms with van der Waals surface area (Å²) in [5, 5.41) is 11.4. The van der Waals surface area contributed by atoms with Gasteiger partial charge < -0.3 is 10.1 Å². The van der Waals surface area contributed by atoms with Crippen LogP contribution >= 0.6 is 0 Å². The van der Waals surface area contributed by atoms with E-state index in [9.17, 15) is 13.2 Å². The van der Waals surface area contributed by atoms with Gasteiger partial charge in [0.15, 0.2) is 0 Å². The maximum atomic E-state index is 12.3. The second-order valence-electron chi connectivity index (χ2n) is 6.17. The lowest BCUT2D eigenvalue weighted by Gasteiger charge is -2.22. The van der Waals surface area contributed by atoms with Crippen LogP contribution in [0.2, 0.25) is 0 Å². The number of nitriles is 1. The highest BCUT2D eigenvalue weighted by Crippen LogP contribution is 2.22. The third-order valence-electron chi connectivity index (χ3n) is 3.48. The van der Waals surface area contributed by atoms with Crippen molar-refractivity contribution in [2.24, 2.45) is 0 Å². The van der Waals surface area contributed by atoms with Crippen molar-refractivity contribution >= 4 is 27.3 Å². The number of anilines is 2. The Morgan fingerprint density at radius 2 is 1.74 bits per heavy atom. The summed E-state index contributed by atoms with van der Waals surface area (Å²) in [6.07, 6.45) is 1.04. The Morgan fingerprint density at radius 3 is 2.22 bits per heavy atom. The molecule has 0 saturated carbocycles. The summed E-state index contributed by atoms with van der Waals surface area (Å²) >= 11 is 0. The van der Waals surface area contributed by atoms with Gasteiger partial charge >= 0.3 is 0 Å². The first-order chi connectivity index (χ1) is 12.7. The maximum absolute atomic E-state index is 12.3. The van der Waals surface area contributed by atoms with Gasteiger partial charge in [0.25, 0.3) is 0 Å². The molecule has 2 rings (SSSR count). The van der Waals surface area contributed by atoms with Crippen molar-refractivity contribution < 1.29 is 17.9 Å². The minimum Gasteiger partial charge on any atom is -0.491 e. The molecule has 0 aromatic heterocycles. The molecule has 0 bridgehead atoms. The molecule has 0 aliphatic heterocycles. The molecule has 8 heteroatoms. The average molecular weight is 387 g/mol. The first-order valence-electron chi connectivity index (χ1n) is 8.23. The molecule has 2 aromatic carbocycles. The number of amides is 1. The number of hydrogen-bond donors (Lipinski definition) is 1. The summed E-state index contributed by atoms with van der Waals surface area (Å²) < 4.78 is 30.9. The van der Waals surface area contributed by atoms with Gasteiger partial charge in [-0.25, -0.2) is 8.42 Å². The summed E-state index contributed by atoms with van der Waals surface area (Å²) in [5.74, 6) is 0.122. The first kappa shape index (κ1) is 20.3.